The second-order valence-electron chi connectivity index (χ2n) is 5.70. The molecule has 0 bridgehead atoms. The number of hydrogen-bond donors (Lipinski definition) is 2. The van der Waals surface area contributed by atoms with Crippen molar-refractivity contribution >= 4 is 26.8 Å². The molecule has 6 nitrogen and oxygen atoms in total. The van der Waals surface area contributed by atoms with Crippen molar-refractivity contribution in [2.75, 3.05) is 6.54 Å². The van der Waals surface area contributed by atoms with Crippen LogP contribution in [0.1, 0.15) is 12.5 Å². The second-order valence-corrected chi connectivity index (χ2v) is 7.52. The predicted octanol–water partition coefficient (Wildman–Crippen LogP) is 2.26. The van der Waals surface area contributed by atoms with Crippen molar-refractivity contribution in [1.29, 1.82) is 0 Å². The maximum Gasteiger partial charge on any atom is 0.268 e. The van der Waals surface area contributed by atoms with Crippen molar-refractivity contribution in [3.8, 4) is 5.75 Å². The molecule has 0 unspecified atom stereocenters. The van der Waals surface area contributed by atoms with E-state index in [2.05, 4.69) is 5.32 Å². The van der Waals surface area contributed by atoms with Crippen LogP contribution in [0.4, 0.5) is 0 Å². The van der Waals surface area contributed by atoms with Crippen molar-refractivity contribution in [2.45, 2.75) is 18.2 Å². The molecule has 25 heavy (non-hydrogen) atoms. The molecule has 1 amide bonds. The van der Waals surface area contributed by atoms with E-state index in [0.29, 0.717) is 23.9 Å². The molecule has 0 saturated carbocycles. The van der Waals surface area contributed by atoms with E-state index in [9.17, 15) is 18.3 Å². The number of hydrogen-bond acceptors (Lipinski definition) is 4. The van der Waals surface area contributed by atoms with Gasteiger partial charge in [0.25, 0.3) is 10.0 Å². The van der Waals surface area contributed by atoms with Gasteiger partial charge in [-0.05, 0) is 42.3 Å². The normalized spacial score (nSPS) is 11.6. The van der Waals surface area contributed by atoms with Gasteiger partial charge in [-0.25, -0.2) is 12.4 Å². The third-order valence-electron chi connectivity index (χ3n) is 3.90. The molecule has 3 aromatic rings. The Morgan fingerprint density at radius 3 is 2.56 bits per heavy atom. The Kier molecular flexibility index (Phi) is 4.50. The van der Waals surface area contributed by atoms with E-state index in [4.69, 9.17) is 0 Å². The third kappa shape index (κ3) is 3.36. The molecule has 130 valence electrons. The number of carbonyl (C=O) groups is 1. The van der Waals surface area contributed by atoms with Gasteiger partial charge in [0.1, 0.15) is 5.75 Å². The summed E-state index contributed by atoms with van der Waals surface area (Å²) in [7, 11) is -3.75. The van der Waals surface area contributed by atoms with Gasteiger partial charge in [-0.15, -0.1) is 0 Å². The molecule has 0 aliphatic carbocycles. The lowest BCUT2D eigenvalue weighted by atomic mass is 10.1. The monoisotopic (exact) mass is 358 g/mol. The second kappa shape index (κ2) is 6.60. The highest BCUT2D eigenvalue weighted by atomic mass is 32.2. The Balaban J connectivity index is 2.11. The van der Waals surface area contributed by atoms with Crippen molar-refractivity contribution < 1.29 is 18.3 Å². The van der Waals surface area contributed by atoms with Gasteiger partial charge < -0.3 is 10.4 Å². The van der Waals surface area contributed by atoms with Gasteiger partial charge in [-0.2, -0.15) is 0 Å². The number of carbonyl (C=O) groups excluding carboxylic acids is 1. The van der Waals surface area contributed by atoms with Crippen molar-refractivity contribution in [3.05, 3.63) is 60.3 Å². The molecule has 0 aliphatic heterocycles. The zero-order valence-electron chi connectivity index (χ0n) is 13.6. The minimum Gasteiger partial charge on any atom is -0.508 e. The zero-order chi connectivity index (χ0) is 18.0. The minimum absolute atomic E-state index is 0.0585. The molecule has 1 aromatic heterocycles. The number of fused-ring (bicyclic) bond motifs is 1. The molecule has 0 spiro atoms. The Hall–Kier alpha value is -2.80. The first-order valence-corrected chi connectivity index (χ1v) is 9.21. The van der Waals surface area contributed by atoms with E-state index in [1.807, 2.05) is 0 Å². The highest BCUT2D eigenvalue weighted by molar-refractivity contribution is 7.90. The quantitative estimate of drug-likeness (QED) is 0.732. The molecule has 2 aromatic carbocycles. The maximum atomic E-state index is 13.0. The first-order chi connectivity index (χ1) is 11.9. The third-order valence-corrected chi connectivity index (χ3v) is 5.59. The molecular formula is C18H18N2O4S. The first-order valence-electron chi connectivity index (χ1n) is 7.77. The van der Waals surface area contributed by atoms with Crippen LogP contribution in [0.3, 0.4) is 0 Å². The summed E-state index contributed by atoms with van der Waals surface area (Å²) >= 11 is 0. The smallest absolute Gasteiger partial charge is 0.268 e. The molecular weight excluding hydrogens is 340 g/mol. The van der Waals surface area contributed by atoms with Crippen LogP contribution in [-0.2, 0) is 21.2 Å². The molecule has 0 fully saturated rings. The number of nitrogens with zero attached hydrogens (tertiary/aromatic N) is 1. The van der Waals surface area contributed by atoms with Crippen LogP contribution in [0.2, 0.25) is 0 Å². The molecule has 2 N–H and O–H groups in total. The Bertz CT molecular complexity index is 1020. The van der Waals surface area contributed by atoms with Crippen LogP contribution in [0.15, 0.2) is 59.6 Å². The number of benzene rings is 2. The predicted molar refractivity (Wildman–Crippen MR) is 95.0 cm³/mol. The summed E-state index contributed by atoms with van der Waals surface area (Å²) < 4.78 is 27.1. The summed E-state index contributed by atoms with van der Waals surface area (Å²) in [5.41, 5.74) is 1.22. The van der Waals surface area contributed by atoms with Gasteiger partial charge >= 0.3 is 0 Å². The van der Waals surface area contributed by atoms with Gasteiger partial charge in [0.05, 0.1) is 10.4 Å². The van der Waals surface area contributed by atoms with Gasteiger partial charge in [0.15, 0.2) is 0 Å². The number of phenols is 1. The summed E-state index contributed by atoms with van der Waals surface area (Å²) in [6.07, 6.45) is 2.01. The lowest BCUT2D eigenvalue weighted by molar-refractivity contribution is -0.118. The Morgan fingerprint density at radius 1 is 1.16 bits per heavy atom. The average molecular weight is 358 g/mol. The summed E-state index contributed by atoms with van der Waals surface area (Å²) in [5, 5.41) is 13.1. The summed E-state index contributed by atoms with van der Waals surface area (Å²) in [4.78, 5) is 11.2. The van der Waals surface area contributed by atoms with E-state index in [1.54, 1.807) is 42.6 Å². The molecule has 0 atom stereocenters. The van der Waals surface area contributed by atoms with Gasteiger partial charge in [-0.3, -0.25) is 4.79 Å². The van der Waals surface area contributed by atoms with E-state index in [-0.39, 0.29) is 16.6 Å². The molecule has 0 aliphatic rings. The number of rotatable bonds is 5. The molecule has 3 rings (SSSR count). The van der Waals surface area contributed by atoms with Crippen LogP contribution < -0.4 is 5.32 Å². The van der Waals surface area contributed by atoms with Crippen LogP contribution in [0.5, 0.6) is 5.75 Å². The topological polar surface area (TPSA) is 88.4 Å². The first kappa shape index (κ1) is 17.0. The van der Waals surface area contributed by atoms with Gasteiger partial charge in [0.2, 0.25) is 5.91 Å². The van der Waals surface area contributed by atoms with E-state index in [1.165, 1.54) is 23.0 Å². The Labute approximate surface area is 145 Å². The number of aromatic nitrogens is 1. The van der Waals surface area contributed by atoms with Crippen LogP contribution >= 0.6 is 0 Å². The fourth-order valence-corrected chi connectivity index (χ4v) is 4.14. The van der Waals surface area contributed by atoms with E-state index < -0.39 is 10.0 Å². The van der Waals surface area contributed by atoms with Crippen LogP contribution in [0, 0.1) is 0 Å². The van der Waals surface area contributed by atoms with Crippen molar-refractivity contribution in [1.82, 2.24) is 9.29 Å². The zero-order valence-corrected chi connectivity index (χ0v) is 14.5. The van der Waals surface area contributed by atoms with Crippen LogP contribution in [-0.4, -0.2) is 29.9 Å². The molecule has 7 heteroatoms. The highest BCUT2D eigenvalue weighted by Crippen LogP contribution is 2.29. The van der Waals surface area contributed by atoms with Crippen molar-refractivity contribution in [2.24, 2.45) is 0 Å². The van der Waals surface area contributed by atoms with Crippen molar-refractivity contribution in [3.63, 3.8) is 0 Å². The summed E-state index contributed by atoms with van der Waals surface area (Å²) in [5.74, 6) is -0.0911. The average Bonchev–Trinajstić information content (AvgIpc) is 2.94. The number of nitrogens with one attached hydrogen (secondary N) is 1. The Morgan fingerprint density at radius 2 is 1.88 bits per heavy atom. The molecule has 0 radical (unpaired) electrons. The largest absolute Gasteiger partial charge is 0.508 e. The molecule has 0 saturated heterocycles. The summed E-state index contributed by atoms with van der Waals surface area (Å²) in [6, 6.07) is 12.7. The van der Waals surface area contributed by atoms with E-state index >= 15 is 0 Å². The standard InChI is InChI=1S/C18H18N2O4S/c1-13(21)19-10-9-14-12-20(18-8-7-15(22)11-17(14)18)25(23,24)16-5-3-2-4-6-16/h2-8,11-12,22H,9-10H2,1H3,(H,19,21). The summed E-state index contributed by atoms with van der Waals surface area (Å²) in [6.45, 7) is 1.81. The fourth-order valence-electron chi connectivity index (χ4n) is 2.73. The van der Waals surface area contributed by atoms with Crippen LogP contribution in [0.25, 0.3) is 10.9 Å². The van der Waals surface area contributed by atoms with E-state index in [0.717, 1.165) is 5.56 Å². The SMILES string of the molecule is CC(=O)NCCc1cn(S(=O)(=O)c2ccccc2)c2ccc(O)cc12. The number of phenolic OH excluding ortho intramolecular Hbond substituents is 1. The number of amides is 1. The minimum atomic E-state index is -3.75. The molecule has 1 heterocycles. The maximum absolute atomic E-state index is 13.0. The van der Waals surface area contributed by atoms with Gasteiger partial charge in [-0.1, -0.05) is 18.2 Å². The number of aromatic hydroxyl groups is 1. The van der Waals surface area contributed by atoms with Gasteiger partial charge in [0, 0.05) is 25.1 Å². The highest BCUT2D eigenvalue weighted by Gasteiger charge is 2.21. The lowest BCUT2D eigenvalue weighted by Gasteiger charge is -2.07. The fraction of sp³-hybridized carbons (Fsp3) is 0.167. The lowest BCUT2D eigenvalue weighted by Crippen LogP contribution is -2.22.